The fourth-order valence-electron chi connectivity index (χ4n) is 3.19. The fourth-order valence-corrected chi connectivity index (χ4v) is 3.19. The maximum absolute atomic E-state index is 12.5. The van der Waals surface area contributed by atoms with Gasteiger partial charge in [0, 0.05) is 12.6 Å². The molecule has 2 aromatic rings. The van der Waals surface area contributed by atoms with Gasteiger partial charge in [-0.15, -0.1) is 0 Å². The lowest BCUT2D eigenvalue weighted by atomic mass is 10.2. The van der Waals surface area contributed by atoms with Gasteiger partial charge in [0.05, 0.1) is 10.9 Å². The Labute approximate surface area is 123 Å². The van der Waals surface area contributed by atoms with Crippen LogP contribution in [0.4, 0.5) is 0 Å². The van der Waals surface area contributed by atoms with Gasteiger partial charge in [-0.2, -0.15) is 0 Å². The predicted molar refractivity (Wildman–Crippen MR) is 83.7 cm³/mol. The van der Waals surface area contributed by atoms with E-state index in [2.05, 4.69) is 16.8 Å². The third kappa shape index (κ3) is 2.65. The third-order valence-corrected chi connectivity index (χ3v) is 4.41. The minimum atomic E-state index is -0.309. The van der Waals surface area contributed by atoms with Crippen molar-refractivity contribution < 1.29 is 0 Å². The van der Waals surface area contributed by atoms with Gasteiger partial charge in [-0.3, -0.25) is 14.3 Å². The average molecular weight is 287 g/mol. The van der Waals surface area contributed by atoms with Gasteiger partial charge in [-0.05, 0) is 44.5 Å². The van der Waals surface area contributed by atoms with Crippen molar-refractivity contribution in [3.63, 3.8) is 0 Å². The molecule has 1 aliphatic heterocycles. The van der Waals surface area contributed by atoms with E-state index in [1.54, 1.807) is 12.1 Å². The molecule has 1 aromatic carbocycles. The van der Waals surface area contributed by atoms with Crippen molar-refractivity contribution in [3.8, 4) is 0 Å². The number of likely N-dealkylation sites (tertiary alicyclic amines) is 1. The molecular formula is C16H21N3O2. The van der Waals surface area contributed by atoms with Crippen LogP contribution in [-0.4, -0.2) is 33.6 Å². The van der Waals surface area contributed by atoms with Crippen molar-refractivity contribution in [2.24, 2.45) is 0 Å². The summed E-state index contributed by atoms with van der Waals surface area (Å²) >= 11 is 0. The van der Waals surface area contributed by atoms with Gasteiger partial charge >= 0.3 is 5.69 Å². The van der Waals surface area contributed by atoms with E-state index in [9.17, 15) is 9.59 Å². The highest BCUT2D eigenvalue weighted by Gasteiger charge is 2.22. The van der Waals surface area contributed by atoms with Crippen LogP contribution in [0.1, 0.15) is 26.2 Å². The van der Waals surface area contributed by atoms with Gasteiger partial charge in [0.1, 0.15) is 0 Å². The lowest BCUT2D eigenvalue weighted by Gasteiger charge is -2.26. The van der Waals surface area contributed by atoms with Crippen molar-refractivity contribution >= 4 is 10.9 Å². The lowest BCUT2D eigenvalue weighted by molar-refractivity contribution is 0.210. The largest absolute Gasteiger partial charge is 0.328 e. The summed E-state index contributed by atoms with van der Waals surface area (Å²) in [6.45, 7) is 4.72. The molecule has 0 aliphatic carbocycles. The van der Waals surface area contributed by atoms with Crippen LogP contribution in [0, 0.1) is 0 Å². The van der Waals surface area contributed by atoms with Gasteiger partial charge in [0.25, 0.3) is 5.56 Å². The molecule has 1 unspecified atom stereocenters. The van der Waals surface area contributed by atoms with Crippen molar-refractivity contribution in [3.05, 3.63) is 45.1 Å². The average Bonchev–Trinajstić information content (AvgIpc) is 3.01. The number of nitrogens with one attached hydrogen (secondary N) is 1. The number of H-pyrrole nitrogens is 1. The Morgan fingerprint density at radius 2 is 1.90 bits per heavy atom. The first-order valence-corrected chi connectivity index (χ1v) is 7.66. The van der Waals surface area contributed by atoms with Gasteiger partial charge in [0.2, 0.25) is 0 Å². The van der Waals surface area contributed by atoms with E-state index in [1.807, 2.05) is 12.1 Å². The van der Waals surface area contributed by atoms with Crippen LogP contribution in [0.2, 0.25) is 0 Å². The van der Waals surface area contributed by atoms with E-state index in [-0.39, 0.29) is 17.3 Å². The van der Waals surface area contributed by atoms with Crippen LogP contribution < -0.4 is 11.2 Å². The Hall–Kier alpha value is -1.88. The minimum Gasteiger partial charge on any atom is -0.307 e. The zero-order chi connectivity index (χ0) is 14.8. The second kappa shape index (κ2) is 5.85. The van der Waals surface area contributed by atoms with Gasteiger partial charge < -0.3 is 4.98 Å². The number of hydrogen-bond acceptors (Lipinski definition) is 3. The summed E-state index contributed by atoms with van der Waals surface area (Å²) in [6.07, 6.45) is 3.36. The van der Waals surface area contributed by atoms with Crippen molar-refractivity contribution in [1.29, 1.82) is 0 Å². The number of para-hydroxylation sites is 1. The molecule has 0 radical (unpaired) electrons. The zero-order valence-corrected chi connectivity index (χ0v) is 12.3. The predicted octanol–water partition coefficient (Wildman–Crippen LogP) is 1.56. The molecule has 5 heteroatoms. The smallest absolute Gasteiger partial charge is 0.307 e. The molecule has 0 bridgehead atoms. The highest BCUT2D eigenvalue weighted by atomic mass is 16.2. The van der Waals surface area contributed by atoms with Crippen LogP contribution in [0.5, 0.6) is 0 Å². The van der Waals surface area contributed by atoms with Gasteiger partial charge in [-0.25, -0.2) is 4.79 Å². The fraction of sp³-hybridized carbons (Fsp3) is 0.500. The first kappa shape index (κ1) is 14.1. The van der Waals surface area contributed by atoms with Crippen molar-refractivity contribution in [1.82, 2.24) is 14.5 Å². The molecule has 1 fully saturated rings. The Morgan fingerprint density at radius 1 is 1.19 bits per heavy atom. The second-order valence-corrected chi connectivity index (χ2v) is 5.70. The van der Waals surface area contributed by atoms with Gasteiger partial charge in [0.15, 0.2) is 0 Å². The van der Waals surface area contributed by atoms with Crippen LogP contribution in [0.3, 0.4) is 0 Å². The molecule has 1 saturated heterocycles. The Bertz CT molecular complexity index is 741. The first-order valence-electron chi connectivity index (χ1n) is 7.66. The molecule has 1 atom stereocenters. The topological polar surface area (TPSA) is 58.1 Å². The minimum absolute atomic E-state index is 0.188. The number of rotatable bonds is 4. The monoisotopic (exact) mass is 287 g/mol. The van der Waals surface area contributed by atoms with Crippen LogP contribution in [0.25, 0.3) is 10.9 Å². The Morgan fingerprint density at radius 3 is 2.62 bits per heavy atom. The van der Waals surface area contributed by atoms with E-state index < -0.39 is 0 Å². The molecule has 3 rings (SSSR count). The second-order valence-electron chi connectivity index (χ2n) is 5.70. The first-order chi connectivity index (χ1) is 10.2. The highest BCUT2D eigenvalue weighted by molar-refractivity contribution is 5.76. The summed E-state index contributed by atoms with van der Waals surface area (Å²) in [6, 6.07) is 7.43. The summed E-state index contributed by atoms with van der Waals surface area (Å²) in [5.74, 6) is 0. The normalized spacial score (nSPS) is 17.4. The summed E-state index contributed by atoms with van der Waals surface area (Å²) in [7, 11) is 0. The van der Waals surface area contributed by atoms with Crippen LogP contribution in [-0.2, 0) is 6.54 Å². The number of fused-ring (bicyclic) bond motifs is 1. The maximum Gasteiger partial charge on any atom is 0.328 e. The third-order valence-electron chi connectivity index (χ3n) is 4.41. The number of aromatic amines is 1. The molecule has 21 heavy (non-hydrogen) atoms. The molecule has 112 valence electrons. The molecular weight excluding hydrogens is 266 g/mol. The molecule has 5 nitrogen and oxygen atoms in total. The van der Waals surface area contributed by atoms with E-state index in [4.69, 9.17) is 0 Å². The molecule has 2 heterocycles. The van der Waals surface area contributed by atoms with Crippen LogP contribution in [0.15, 0.2) is 33.9 Å². The molecule has 1 aromatic heterocycles. The van der Waals surface area contributed by atoms with Gasteiger partial charge in [-0.1, -0.05) is 19.1 Å². The number of benzene rings is 1. The SMILES string of the molecule is CCC(Cn1c(=O)[nH]c2ccccc2c1=O)N1CCCC1. The molecule has 0 spiro atoms. The van der Waals surface area contributed by atoms with E-state index >= 15 is 0 Å². The van der Waals surface area contributed by atoms with Crippen molar-refractivity contribution in [2.75, 3.05) is 13.1 Å². The summed E-state index contributed by atoms with van der Waals surface area (Å²) < 4.78 is 1.36. The number of nitrogens with zero attached hydrogens (tertiary/aromatic N) is 2. The molecule has 0 saturated carbocycles. The van der Waals surface area contributed by atoms with Crippen molar-refractivity contribution in [2.45, 2.75) is 38.8 Å². The van der Waals surface area contributed by atoms with E-state index in [0.717, 1.165) is 19.5 Å². The quantitative estimate of drug-likeness (QED) is 0.928. The molecule has 1 aliphatic rings. The van der Waals surface area contributed by atoms with Crippen LogP contribution >= 0.6 is 0 Å². The number of aromatic nitrogens is 2. The number of hydrogen-bond donors (Lipinski definition) is 1. The Kier molecular flexibility index (Phi) is 3.92. The van der Waals surface area contributed by atoms with E-state index in [0.29, 0.717) is 17.4 Å². The molecule has 0 amide bonds. The summed E-state index contributed by atoms with van der Waals surface area (Å²) in [5.41, 5.74) is 0.112. The zero-order valence-electron chi connectivity index (χ0n) is 12.3. The highest BCUT2D eigenvalue weighted by Crippen LogP contribution is 2.15. The summed E-state index contributed by atoms with van der Waals surface area (Å²) in [5, 5.41) is 0.577. The lowest BCUT2D eigenvalue weighted by Crippen LogP contribution is -2.43. The maximum atomic E-state index is 12.5. The summed E-state index contributed by atoms with van der Waals surface area (Å²) in [4.78, 5) is 29.9. The van der Waals surface area contributed by atoms with E-state index in [1.165, 1.54) is 17.4 Å². The Balaban J connectivity index is 1.99. The molecule has 1 N–H and O–H groups in total. The standard InChI is InChI=1S/C16H21N3O2/c1-2-12(18-9-5-6-10-18)11-19-15(20)13-7-3-4-8-14(13)17-16(19)21/h3-4,7-8,12H,2,5-6,9-11H2,1H3,(H,17,21).